The lowest BCUT2D eigenvalue weighted by Gasteiger charge is -2.36. The summed E-state index contributed by atoms with van der Waals surface area (Å²) in [5.41, 5.74) is 12.8. The lowest BCUT2D eigenvalue weighted by molar-refractivity contribution is -0.192. The zero-order chi connectivity index (χ0) is 42.9. The Balaban J connectivity index is 0.000000973. The van der Waals surface area contributed by atoms with E-state index in [9.17, 15) is 27.2 Å². The molecule has 3 aromatic carbocycles. The van der Waals surface area contributed by atoms with Crippen LogP contribution in [0.3, 0.4) is 0 Å². The van der Waals surface area contributed by atoms with E-state index in [1.807, 2.05) is 16.7 Å². The monoisotopic (exact) mass is 856 g/mol. The number of alkyl halides is 3. The van der Waals surface area contributed by atoms with Gasteiger partial charge in [-0.3, -0.25) is 14.4 Å². The number of hydrogen-bond acceptors (Lipinski definition) is 8. The van der Waals surface area contributed by atoms with E-state index in [4.69, 9.17) is 47.4 Å². The van der Waals surface area contributed by atoms with Crippen LogP contribution in [-0.4, -0.2) is 71.4 Å². The number of fused-ring (bicyclic) bond motifs is 1. The molecule has 1 aromatic heterocycles. The molecule has 0 spiro atoms. The number of carboxylic acid groups (broad SMARTS) is 1. The number of esters is 1. The van der Waals surface area contributed by atoms with E-state index < -0.39 is 52.9 Å². The molecule has 6 N–H and O–H groups in total. The zero-order valence-corrected chi connectivity index (χ0v) is 32.8. The summed E-state index contributed by atoms with van der Waals surface area (Å²) in [6.45, 7) is 2.31. The topological polar surface area (TPSA) is 184 Å². The molecule has 2 unspecified atom stereocenters. The Morgan fingerprint density at radius 1 is 1.07 bits per heavy atom. The Hall–Kier alpha value is -5.43. The van der Waals surface area contributed by atoms with Gasteiger partial charge in [-0.2, -0.15) is 13.2 Å². The third kappa shape index (κ3) is 10.9. The van der Waals surface area contributed by atoms with Crippen LogP contribution in [0.5, 0.6) is 5.75 Å². The van der Waals surface area contributed by atoms with Crippen LogP contribution in [0.2, 0.25) is 5.02 Å². The van der Waals surface area contributed by atoms with Crippen LogP contribution in [0.15, 0.2) is 64.7 Å². The number of hydrogen-bond donors (Lipinski definition) is 4. The molecule has 1 heterocycles. The van der Waals surface area contributed by atoms with Crippen molar-refractivity contribution in [2.75, 3.05) is 20.8 Å². The minimum Gasteiger partial charge on any atom is -0.495 e. The molecule has 1 aliphatic carbocycles. The van der Waals surface area contributed by atoms with E-state index in [0.717, 1.165) is 60.8 Å². The third-order valence-corrected chi connectivity index (χ3v) is 10.4. The predicted octanol–water partition coefficient (Wildman–Crippen LogP) is 6.84. The first-order valence-electron chi connectivity index (χ1n) is 17.4. The summed E-state index contributed by atoms with van der Waals surface area (Å²) in [4.78, 5) is 43.0. The van der Waals surface area contributed by atoms with Crippen LogP contribution in [0.25, 0.3) is 5.69 Å². The number of amides is 1. The molecule has 1 amide bonds. The van der Waals surface area contributed by atoms with Gasteiger partial charge < -0.3 is 31.4 Å². The lowest BCUT2D eigenvalue weighted by atomic mass is 9.71. The highest BCUT2D eigenvalue weighted by Gasteiger charge is 2.40. The number of rotatable bonds is 13. The number of benzene rings is 3. The molecule has 312 valence electrons. The van der Waals surface area contributed by atoms with Gasteiger partial charge in [-0.25, -0.2) is 27.7 Å². The van der Waals surface area contributed by atoms with Crippen LogP contribution >= 0.6 is 23.4 Å². The molecular formula is C38H39ClF6N6O6S. The molecule has 0 fully saturated rings. The Bertz CT molecular complexity index is 2140. The fourth-order valence-corrected chi connectivity index (χ4v) is 7.51. The summed E-state index contributed by atoms with van der Waals surface area (Å²) in [5, 5.41) is 10.5. The number of methoxy groups -OCH3 is 2. The van der Waals surface area contributed by atoms with E-state index in [1.165, 1.54) is 12.1 Å². The first-order valence-corrected chi connectivity index (χ1v) is 18.7. The Kier molecular flexibility index (Phi) is 15.1. The SMILES string of the molecule is COC(=O)C(CCCN=C(N)N)NC(=O)c1cc(F)c(CSc2nc3c(n2-c2ccc(F)cc2)C(C)(c2ccc(Cl)c(OC)c2)CCC3)c(F)c1.O=C(O)C(F)(F)F. The van der Waals surface area contributed by atoms with Crippen LogP contribution in [0, 0.1) is 17.5 Å². The molecule has 1 aliphatic rings. The van der Waals surface area contributed by atoms with Gasteiger partial charge in [0, 0.05) is 34.5 Å². The van der Waals surface area contributed by atoms with Crippen molar-refractivity contribution in [1.29, 1.82) is 0 Å². The van der Waals surface area contributed by atoms with Crippen LogP contribution in [0.4, 0.5) is 26.3 Å². The van der Waals surface area contributed by atoms with Gasteiger partial charge in [-0.05, 0) is 93.1 Å². The number of ether oxygens (including phenoxy) is 2. The highest BCUT2D eigenvalue weighted by Crippen LogP contribution is 2.47. The number of imidazole rings is 1. The highest BCUT2D eigenvalue weighted by atomic mass is 35.5. The number of thioether (sulfide) groups is 1. The van der Waals surface area contributed by atoms with E-state index >= 15 is 8.78 Å². The number of nitrogens with two attached hydrogens (primary N) is 2. The second-order valence-corrected chi connectivity index (χ2v) is 14.4. The van der Waals surface area contributed by atoms with Crippen molar-refractivity contribution in [2.24, 2.45) is 16.5 Å². The number of aliphatic carboxylic acids is 1. The van der Waals surface area contributed by atoms with Crippen LogP contribution < -0.4 is 21.5 Å². The van der Waals surface area contributed by atoms with Gasteiger partial charge in [0.05, 0.1) is 30.6 Å². The highest BCUT2D eigenvalue weighted by molar-refractivity contribution is 7.98. The Labute approximate surface area is 337 Å². The molecule has 4 aromatic rings. The molecule has 20 heteroatoms. The maximum atomic E-state index is 15.5. The maximum Gasteiger partial charge on any atom is 0.490 e. The second-order valence-electron chi connectivity index (χ2n) is 13.0. The fraction of sp³-hybridized carbons (Fsp3) is 0.342. The molecule has 0 saturated heterocycles. The molecule has 58 heavy (non-hydrogen) atoms. The van der Waals surface area contributed by atoms with Gasteiger partial charge >= 0.3 is 18.1 Å². The first-order chi connectivity index (χ1) is 27.3. The largest absolute Gasteiger partial charge is 0.495 e. The van der Waals surface area contributed by atoms with Crippen molar-refractivity contribution in [2.45, 2.75) is 67.6 Å². The standard InChI is InChI=1S/C36H38ClF3N6O4S.C2HF3O2/c1-36(21-8-13-25(37)30(18-21)49-2)14-4-6-28-31(36)46(23-11-9-22(38)10-12-23)35(45-28)51-19-24-26(39)16-20(17-27(24)40)32(47)44-29(33(48)50-3)7-5-15-43-34(41)42;3-2(4,5)1(6)7/h8-13,16-18,29H,4-7,14-15,19H2,1-3H3,(H,44,47)(H4,41,42,43);(H,6,7). The average molecular weight is 857 g/mol. The maximum absolute atomic E-state index is 15.5. The zero-order valence-electron chi connectivity index (χ0n) is 31.3. The summed E-state index contributed by atoms with van der Waals surface area (Å²) in [6.07, 6.45) is -2.35. The number of guanidine groups is 1. The lowest BCUT2D eigenvalue weighted by Crippen LogP contribution is -2.41. The summed E-state index contributed by atoms with van der Waals surface area (Å²) >= 11 is 7.47. The molecule has 12 nitrogen and oxygen atoms in total. The number of aliphatic imine (C=N–C) groups is 1. The van der Waals surface area contributed by atoms with Crippen molar-refractivity contribution in [3.8, 4) is 11.4 Å². The van der Waals surface area contributed by atoms with Crippen molar-refractivity contribution in [1.82, 2.24) is 14.9 Å². The van der Waals surface area contributed by atoms with Crippen molar-refractivity contribution >= 4 is 47.2 Å². The average Bonchev–Trinajstić information content (AvgIpc) is 3.55. The van der Waals surface area contributed by atoms with Gasteiger partial charge in [0.25, 0.3) is 5.91 Å². The van der Waals surface area contributed by atoms with Gasteiger partial charge in [0.1, 0.15) is 29.2 Å². The summed E-state index contributed by atoms with van der Waals surface area (Å²) < 4.78 is 89.1. The van der Waals surface area contributed by atoms with E-state index in [2.05, 4.69) is 17.2 Å². The second kappa shape index (κ2) is 19.3. The number of carbonyl (C=O) groups is 3. The predicted molar refractivity (Wildman–Crippen MR) is 204 cm³/mol. The molecule has 2 atom stereocenters. The van der Waals surface area contributed by atoms with Gasteiger partial charge in [0.15, 0.2) is 11.1 Å². The van der Waals surface area contributed by atoms with Gasteiger partial charge in [-0.1, -0.05) is 29.4 Å². The van der Waals surface area contributed by atoms with Gasteiger partial charge in [-0.15, -0.1) is 0 Å². The summed E-state index contributed by atoms with van der Waals surface area (Å²) in [5.74, 6) is -6.41. The number of aryl methyl sites for hydroxylation is 1. The van der Waals surface area contributed by atoms with E-state index in [-0.39, 0.29) is 35.8 Å². The van der Waals surface area contributed by atoms with Crippen molar-refractivity contribution in [3.05, 3.63) is 105 Å². The quantitative estimate of drug-likeness (QED) is 0.0277. The summed E-state index contributed by atoms with van der Waals surface area (Å²) in [7, 11) is 2.71. The fourth-order valence-electron chi connectivity index (χ4n) is 6.27. The van der Waals surface area contributed by atoms with Gasteiger partial charge in [0.2, 0.25) is 0 Å². The van der Waals surface area contributed by atoms with Crippen LogP contribution in [-0.2, 0) is 31.9 Å². The molecule has 0 aliphatic heterocycles. The Morgan fingerprint density at radius 2 is 1.71 bits per heavy atom. The third-order valence-electron chi connectivity index (χ3n) is 9.13. The number of carboxylic acids is 1. The minimum atomic E-state index is -5.08. The van der Waals surface area contributed by atoms with E-state index in [1.54, 1.807) is 25.3 Å². The summed E-state index contributed by atoms with van der Waals surface area (Å²) in [6, 6.07) is 12.3. The first kappa shape index (κ1) is 45.3. The molecule has 0 saturated carbocycles. The number of halogens is 7. The smallest absolute Gasteiger partial charge is 0.490 e. The molecule has 5 rings (SSSR count). The van der Waals surface area contributed by atoms with E-state index in [0.29, 0.717) is 34.5 Å². The number of carbonyl (C=O) groups excluding carboxylic acids is 2. The Morgan fingerprint density at radius 3 is 2.28 bits per heavy atom. The normalized spacial score (nSPS) is 15.3. The minimum absolute atomic E-state index is 0.116. The number of nitrogens with zero attached hydrogens (tertiary/aromatic N) is 3. The van der Waals surface area contributed by atoms with Crippen molar-refractivity contribution < 1.29 is 55.3 Å². The number of nitrogens with one attached hydrogen (secondary N) is 1. The molecule has 0 radical (unpaired) electrons. The van der Waals surface area contributed by atoms with Crippen molar-refractivity contribution in [3.63, 3.8) is 0 Å². The molecular weight excluding hydrogens is 818 g/mol. The van der Waals surface area contributed by atoms with Crippen LogP contribution in [0.1, 0.15) is 65.5 Å². The number of aromatic nitrogens is 2. The molecule has 0 bridgehead atoms.